The van der Waals surface area contributed by atoms with Gasteiger partial charge in [0.05, 0.1) is 5.56 Å². The van der Waals surface area contributed by atoms with Crippen LogP contribution >= 0.6 is 11.6 Å². The number of benzene rings is 2. The van der Waals surface area contributed by atoms with Crippen LogP contribution in [-0.4, -0.2) is 17.2 Å². The SMILES string of the molecule is CC=CC(OC(c1ccccc1)c1cc(C(F)(F)F)ccc1Cl)C(=O)O. The number of carbonyl (C=O) groups is 1. The van der Waals surface area contributed by atoms with E-state index in [1.807, 2.05) is 0 Å². The Labute approximate surface area is 153 Å². The molecule has 0 saturated heterocycles. The fourth-order valence-corrected chi connectivity index (χ4v) is 2.60. The summed E-state index contributed by atoms with van der Waals surface area (Å²) in [5.41, 5.74) is -0.354. The minimum Gasteiger partial charge on any atom is -0.479 e. The van der Waals surface area contributed by atoms with Crippen molar-refractivity contribution in [1.82, 2.24) is 0 Å². The highest BCUT2D eigenvalue weighted by Gasteiger charge is 2.33. The highest BCUT2D eigenvalue weighted by atomic mass is 35.5. The average Bonchev–Trinajstić information content (AvgIpc) is 2.59. The molecular weight excluding hydrogens is 369 g/mol. The maximum Gasteiger partial charge on any atom is 0.416 e. The van der Waals surface area contributed by atoms with Crippen LogP contribution in [0.15, 0.2) is 60.7 Å². The largest absolute Gasteiger partial charge is 0.479 e. The molecule has 0 saturated carbocycles. The molecule has 2 unspecified atom stereocenters. The van der Waals surface area contributed by atoms with Gasteiger partial charge in [-0.2, -0.15) is 13.2 Å². The molecule has 2 aromatic rings. The summed E-state index contributed by atoms with van der Waals surface area (Å²) in [7, 11) is 0. The fourth-order valence-electron chi connectivity index (χ4n) is 2.39. The molecular formula is C19H16ClF3O3. The molecule has 138 valence electrons. The van der Waals surface area contributed by atoms with Gasteiger partial charge < -0.3 is 9.84 Å². The molecule has 0 aliphatic rings. The molecule has 0 bridgehead atoms. The standard InChI is InChI=1S/C19H16ClF3O3/c1-2-6-16(18(24)25)26-17(12-7-4-3-5-8-12)14-11-13(19(21,22)23)9-10-15(14)20/h2-11,16-17H,1H3,(H,24,25). The van der Waals surface area contributed by atoms with E-state index in [1.54, 1.807) is 37.3 Å². The molecule has 0 spiro atoms. The molecule has 3 nitrogen and oxygen atoms in total. The number of allylic oxidation sites excluding steroid dienone is 1. The Hall–Kier alpha value is -2.31. The predicted molar refractivity (Wildman–Crippen MR) is 92.1 cm³/mol. The van der Waals surface area contributed by atoms with E-state index in [0.717, 1.165) is 18.2 Å². The Morgan fingerprint density at radius 3 is 2.38 bits per heavy atom. The number of hydrogen-bond donors (Lipinski definition) is 1. The number of rotatable bonds is 6. The molecule has 2 aromatic carbocycles. The van der Waals surface area contributed by atoms with Crippen LogP contribution in [0.4, 0.5) is 13.2 Å². The Balaban J connectivity index is 2.56. The van der Waals surface area contributed by atoms with E-state index in [0.29, 0.717) is 5.56 Å². The normalized spacial score (nSPS) is 14.3. The lowest BCUT2D eigenvalue weighted by molar-refractivity contribution is -0.149. The Bertz CT molecular complexity index is 788. The second kappa shape index (κ2) is 8.38. The molecule has 0 heterocycles. The third-order valence-corrected chi connectivity index (χ3v) is 3.95. The zero-order valence-corrected chi connectivity index (χ0v) is 14.5. The summed E-state index contributed by atoms with van der Waals surface area (Å²) in [6.07, 6.45) is -4.18. The topological polar surface area (TPSA) is 46.5 Å². The van der Waals surface area contributed by atoms with Gasteiger partial charge in [0.1, 0.15) is 6.10 Å². The summed E-state index contributed by atoms with van der Waals surface area (Å²) in [6.45, 7) is 1.62. The van der Waals surface area contributed by atoms with Gasteiger partial charge in [-0.15, -0.1) is 0 Å². The molecule has 0 aliphatic carbocycles. The number of ether oxygens (including phenoxy) is 1. The van der Waals surface area contributed by atoms with E-state index < -0.39 is 29.9 Å². The molecule has 7 heteroatoms. The number of carboxylic acids is 1. The van der Waals surface area contributed by atoms with Gasteiger partial charge in [-0.1, -0.05) is 48.0 Å². The minimum absolute atomic E-state index is 0.0449. The zero-order chi connectivity index (χ0) is 19.3. The van der Waals surface area contributed by atoms with E-state index in [2.05, 4.69) is 0 Å². The smallest absolute Gasteiger partial charge is 0.416 e. The molecule has 0 fully saturated rings. The molecule has 0 radical (unpaired) electrons. The summed E-state index contributed by atoms with van der Waals surface area (Å²) in [6, 6.07) is 11.2. The van der Waals surface area contributed by atoms with Crippen LogP contribution in [-0.2, 0) is 15.7 Å². The van der Waals surface area contributed by atoms with Crippen LogP contribution < -0.4 is 0 Å². The van der Waals surface area contributed by atoms with Crippen LogP contribution in [0.2, 0.25) is 5.02 Å². The molecule has 0 aromatic heterocycles. The number of hydrogen-bond acceptors (Lipinski definition) is 2. The van der Waals surface area contributed by atoms with Crippen molar-refractivity contribution in [2.45, 2.75) is 25.3 Å². The molecule has 2 atom stereocenters. The summed E-state index contributed by atoms with van der Waals surface area (Å²) in [4.78, 5) is 11.4. The maximum absolute atomic E-state index is 13.1. The highest BCUT2D eigenvalue weighted by Crippen LogP contribution is 2.37. The van der Waals surface area contributed by atoms with Crippen molar-refractivity contribution in [3.05, 3.63) is 82.4 Å². The first-order chi connectivity index (χ1) is 12.2. The van der Waals surface area contributed by atoms with Gasteiger partial charge in [-0.3, -0.25) is 0 Å². The Morgan fingerprint density at radius 1 is 1.19 bits per heavy atom. The number of alkyl halides is 3. The van der Waals surface area contributed by atoms with E-state index in [4.69, 9.17) is 16.3 Å². The van der Waals surface area contributed by atoms with Gasteiger partial charge in [0.15, 0.2) is 6.10 Å². The molecule has 1 N–H and O–H groups in total. The third-order valence-electron chi connectivity index (χ3n) is 3.60. The average molecular weight is 385 g/mol. The van der Waals surface area contributed by atoms with E-state index in [-0.39, 0.29) is 10.6 Å². The number of carboxylic acid groups (broad SMARTS) is 1. The lowest BCUT2D eigenvalue weighted by Gasteiger charge is -2.23. The van der Waals surface area contributed by atoms with Gasteiger partial charge >= 0.3 is 12.1 Å². The molecule has 2 rings (SSSR count). The summed E-state index contributed by atoms with van der Waals surface area (Å²) in [5.74, 6) is -1.26. The van der Waals surface area contributed by atoms with Gasteiger partial charge in [-0.25, -0.2) is 4.79 Å². The van der Waals surface area contributed by atoms with Gasteiger partial charge in [0.25, 0.3) is 0 Å². The second-order valence-electron chi connectivity index (χ2n) is 5.45. The zero-order valence-electron chi connectivity index (χ0n) is 13.7. The molecule has 0 amide bonds. The first-order valence-electron chi connectivity index (χ1n) is 7.66. The minimum atomic E-state index is -4.56. The van der Waals surface area contributed by atoms with Crippen molar-refractivity contribution < 1.29 is 27.8 Å². The van der Waals surface area contributed by atoms with Crippen LogP contribution in [0.1, 0.15) is 29.7 Å². The Morgan fingerprint density at radius 2 is 1.85 bits per heavy atom. The lowest BCUT2D eigenvalue weighted by atomic mass is 9.99. The number of halogens is 4. The van der Waals surface area contributed by atoms with E-state index in [9.17, 15) is 23.1 Å². The van der Waals surface area contributed by atoms with Crippen molar-refractivity contribution in [1.29, 1.82) is 0 Å². The van der Waals surface area contributed by atoms with E-state index in [1.165, 1.54) is 12.2 Å². The van der Waals surface area contributed by atoms with Crippen molar-refractivity contribution in [2.75, 3.05) is 0 Å². The van der Waals surface area contributed by atoms with Crippen molar-refractivity contribution >= 4 is 17.6 Å². The van der Waals surface area contributed by atoms with Crippen molar-refractivity contribution in [3.8, 4) is 0 Å². The third kappa shape index (κ3) is 4.86. The summed E-state index contributed by atoms with van der Waals surface area (Å²) < 4.78 is 44.9. The monoisotopic (exact) mass is 384 g/mol. The first-order valence-corrected chi connectivity index (χ1v) is 8.04. The number of aliphatic carboxylic acids is 1. The quantitative estimate of drug-likeness (QED) is 0.669. The van der Waals surface area contributed by atoms with Crippen LogP contribution in [0.3, 0.4) is 0 Å². The van der Waals surface area contributed by atoms with E-state index >= 15 is 0 Å². The van der Waals surface area contributed by atoms with Crippen molar-refractivity contribution in [3.63, 3.8) is 0 Å². The fraction of sp³-hybridized carbons (Fsp3) is 0.211. The predicted octanol–water partition coefficient (Wildman–Crippen LogP) is 5.49. The maximum atomic E-state index is 13.1. The van der Waals surface area contributed by atoms with Crippen LogP contribution in [0.25, 0.3) is 0 Å². The van der Waals surface area contributed by atoms with Crippen LogP contribution in [0.5, 0.6) is 0 Å². The Kier molecular flexibility index (Phi) is 6.45. The second-order valence-corrected chi connectivity index (χ2v) is 5.85. The highest BCUT2D eigenvalue weighted by molar-refractivity contribution is 6.31. The summed E-state index contributed by atoms with van der Waals surface area (Å²) in [5, 5.41) is 9.36. The first kappa shape index (κ1) is 20.0. The van der Waals surface area contributed by atoms with Gasteiger partial charge in [0, 0.05) is 10.6 Å². The summed E-state index contributed by atoms with van der Waals surface area (Å²) >= 11 is 6.12. The lowest BCUT2D eigenvalue weighted by Crippen LogP contribution is -2.25. The van der Waals surface area contributed by atoms with Crippen LogP contribution in [0, 0.1) is 0 Å². The van der Waals surface area contributed by atoms with Crippen molar-refractivity contribution in [2.24, 2.45) is 0 Å². The molecule has 0 aliphatic heterocycles. The van der Waals surface area contributed by atoms with Gasteiger partial charge in [0.2, 0.25) is 0 Å². The molecule has 26 heavy (non-hydrogen) atoms. The van der Waals surface area contributed by atoms with Gasteiger partial charge in [-0.05, 0) is 36.8 Å².